The summed E-state index contributed by atoms with van der Waals surface area (Å²) in [6.45, 7) is 12.9. The van der Waals surface area contributed by atoms with Gasteiger partial charge in [-0.1, -0.05) is 65.7 Å². The molecule has 1 atom stereocenters. The van der Waals surface area contributed by atoms with Crippen LogP contribution in [0.25, 0.3) is 0 Å². The molecule has 0 aromatic heterocycles. The van der Waals surface area contributed by atoms with Crippen LogP contribution in [0.15, 0.2) is 0 Å². The van der Waals surface area contributed by atoms with Crippen LogP contribution in [0.5, 0.6) is 0 Å². The molecule has 1 heteroatoms. The van der Waals surface area contributed by atoms with E-state index in [1.54, 1.807) is 0 Å². The van der Waals surface area contributed by atoms with Crippen molar-refractivity contribution in [1.82, 2.24) is 0 Å². The van der Waals surface area contributed by atoms with Crippen LogP contribution >= 0.6 is 0 Å². The van der Waals surface area contributed by atoms with E-state index in [-0.39, 0.29) is 11.5 Å². The minimum Gasteiger partial charge on any atom is -0.359 e. The molecule has 0 aliphatic carbocycles. The van der Waals surface area contributed by atoms with Gasteiger partial charge in [-0.15, -0.1) is 6.42 Å². The van der Waals surface area contributed by atoms with Crippen LogP contribution in [0.3, 0.4) is 0 Å². The van der Waals surface area contributed by atoms with E-state index in [4.69, 9.17) is 11.2 Å². The smallest absolute Gasteiger partial charge is 0.123 e. The molecule has 0 bridgehead atoms. The lowest BCUT2D eigenvalue weighted by Gasteiger charge is -2.35. The minimum absolute atomic E-state index is 0.152. The number of ether oxygens (including phenoxy) is 1. The number of terminal acetylenes is 1. The molecule has 0 aliphatic rings. The monoisotopic (exact) mass is 252 g/mol. The predicted molar refractivity (Wildman–Crippen MR) is 80.6 cm³/mol. The zero-order chi connectivity index (χ0) is 14.2. The van der Waals surface area contributed by atoms with Crippen LogP contribution in [-0.4, -0.2) is 11.7 Å². The molecule has 1 unspecified atom stereocenters. The molecule has 0 aromatic carbocycles. The molecule has 0 spiro atoms. The molecule has 1 nitrogen and oxygen atoms in total. The second kappa shape index (κ2) is 7.85. The van der Waals surface area contributed by atoms with E-state index in [0.29, 0.717) is 0 Å². The maximum Gasteiger partial charge on any atom is 0.123 e. The third-order valence-electron chi connectivity index (χ3n) is 3.32. The molecule has 0 aliphatic heterocycles. The summed E-state index contributed by atoms with van der Waals surface area (Å²) in [6.07, 6.45) is 13.4. The summed E-state index contributed by atoms with van der Waals surface area (Å²) in [7, 11) is 0. The van der Waals surface area contributed by atoms with E-state index in [1.807, 2.05) is 13.8 Å². The van der Waals surface area contributed by atoms with Crippen molar-refractivity contribution in [3.63, 3.8) is 0 Å². The Morgan fingerprint density at radius 2 is 1.56 bits per heavy atom. The molecule has 106 valence electrons. The first-order chi connectivity index (χ1) is 8.23. The van der Waals surface area contributed by atoms with Crippen molar-refractivity contribution in [3.05, 3.63) is 0 Å². The normalized spacial score (nSPS) is 14.3. The van der Waals surface area contributed by atoms with Crippen molar-refractivity contribution in [2.75, 3.05) is 0 Å². The fourth-order valence-corrected chi connectivity index (χ4v) is 1.99. The molecular formula is C17H32O. The molecule has 0 rings (SSSR count). The Bertz CT molecular complexity index is 252. The van der Waals surface area contributed by atoms with E-state index < -0.39 is 5.60 Å². The summed E-state index contributed by atoms with van der Waals surface area (Å²) in [5, 5.41) is 0. The largest absolute Gasteiger partial charge is 0.359 e. The van der Waals surface area contributed by atoms with Crippen LogP contribution in [0.2, 0.25) is 0 Å². The molecule has 0 amide bonds. The summed E-state index contributed by atoms with van der Waals surface area (Å²) < 4.78 is 6.12. The van der Waals surface area contributed by atoms with E-state index in [1.165, 1.54) is 32.1 Å². The molecule has 0 heterocycles. The Hall–Kier alpha value is -0.480. The lowest BCUT2D eigenvalue weighted by molar-refractivity contribution is -0.0893. The standard InChI is InChI=1S/C17H32O/c1-8-10-11-12-13-14-15(16(3,4)5)18-17(6,7)9-2/h2,15H,8,10-14H2,1,3-7H3. The zero-order valence-corrected chi connectivity index (χ0v) is 13.3. The van der Waals surface area contributed by atoms with Crippen molar-refractivity contribution in [3.8, 4) is 12.3 Å². The number of hydrogen-bond donors (Lipinski definition) is 0. The van der Waals surface area contributed by atoms with E-state index in [9.17, 15) is 0 Å². The average molecular weight is 252 g/mol. The maximum atomic E-state index is 6.12. The maximum absolute atomic E-state index is 6.12. The van der Waals surface area contributed by atoms with Crippen LogP contribution in [0.4, 0.5) is 0 Å². The van der Waals surface area contributed by atoms with Gasteiger partial charge >= 0.3 is 0 Å². The molecular weight excluding hydrogens is 220 g/mol. The van der Waals surface area contributed by atoms with Gasteiger partial charge in [0.2, 0.25) is 0 Å². The van der Waals surface area contributed by atoms with Gasteiger partial charge in [0.1, 0.15) is 5.60 Å². The zero-order valence-electron chi connectivity index (χ0n) is 13.3. The summed E-state index contributed by atoms with van der Waals surface area (Å²) in [5.41, 5.74) is -0.305. The van der Waals surface area contributed by atoms with E-state index >= 15 is 0 Å². The second-order valence-electron chi connectivity index (χ2n) is 6.83. The first-order valence-electron chi connectivity index (χ1n) is 7.38. The van der Waals surface area contributed by atoms with Gasteiger partial charge in [-0.3, -0.25) is 0 Å². The fraction of sp³-hybridized carbons (Fsp3) is 0.882. The van der Waals surface area contributed by atoms with Crippen LogP contribution < -0.4 is 0 Å². The lowest BCUT2D eigenvalue weighted by atomic mass is 9.85. The number of hydrogen-bond acceptors (Lipinski definition) is 1. The van der Waals surface area contributed by atoms with Gasteiger partial charge in [-0.05, 0) is 25.7 Å². The van der Waals surface area contributed by atoms with Crippen LogP contribution in [0, 0.1) is 17.8 Å². The third-order valence-corrected chi connectivity index (χ3v) is 3.32. The van der Waals surface area contributed by atoms with Gasteiger partial charge < -0.3 is 4.74 Å². The Balaban J connectivity index is 4.23. The highest BCUT2D eigenvalue weighted by molar-refractivity contribution is 5.03. The highest BCUT2D eigenvalue weighted by Crippen LogP contribution is 2.30. The Kier molecular flexibility index (Phi) is 7.64. The number of rotatable bonds is 8. The van der Waals surface area contributed by atoms with Gasteiger partial charge in [0, 0.05) is 0 Å². The summed E-state index contributed by atoms with van der Waals surface area (Å²) in [4.78, 5) is 0. The lowest BCUT2D eigenvalue weighted by Crippen LogP contribution is -2.37. The summed E-state index contributed by atoms with van der Waals surface area (Å²) in [5.74, 6) is 2.73. The van der Waals surface area contributed by atoms with Crippen molar-refractivity contribution < 1.29 is 4.74 Å². The Morgan fingerprint density at radius 1 is 1.00 bits per heavy atom. The van der Waals surface area contributed by atoms with Gasteiger partial charge in [0.15, 0.2) is 0 Å². The highest BCUT2D eigenvalue weighted by Gasteiger charge is 2.30. The third kappa shape index (κ3) is 7.77. The van der Waals surface area contributed by atoms with Crippen LogP contribution in [0.1, 0.15) is 80.1 Å². The van der Waals surface area contributed by atoms with Gasteiger partial charge in [0.25, 0.3) is 0 Å². The minimum atomic E-state index is -0.457. The van der Waals surface area contributed by atoms with Crippen molar-refractivity contribution in [2.45, 2.75) is 91.8 Å². The quantitative estimate of drug-likeness (QED) is 0.426. The van der Waals surface area contributed by atoms with Gasteiger partial charge in [-0.2, -0.15) is 0 Å². The van der Waals surface area contributed by atoms with Crippen molar-refractivity contribution in [2.24, 2.45) is 5.41 Å². The van der Waals surface area contributed by atoms with Crippen molar-refractivity contribution in [1.29, 1.82) is 0 Å². The molecule has 0 fully saturated rings. The van der Waals surface area contributed by atoms with Gasteiger partial charge in [-0.25, -0.2) is 0 Å². The molecule has 0 aromatic rings. The first-order valence-corrected chi connectivity index (χ1v) is 7.38. The topological polar surface area (TPSA) is 9.23 Å². The summed E-state index contributed by atoms with van der Waals surface area (Å²) in [6, 6.07) is 0. The molecule has 0 saturated carbocycles. The second-order valence-corrected chi connectivity index (χ2v) is 6.83. The Morgan fingerprint density at radius 3 is 2.00 bits per heavy atom. The van der Waals surface area contributed by atoms with Crippen LogP contribution in [-0.2, 0) is 4.74 Å². The van der Waals surface area contributed by atoms with Gasteiger partial charge in [0.05, 0.1) is 6.10 Å². The SMILES string of the molecule is C#CC(C)(C)OC(CCCCCCC)C(C)(C)C. The van der Waals surface area contributed by atoms with E-state index in [2.05, 4.69) is 33.6 Å². The predicted octanol–water partition coefficient (Wildman–Crippen LogP) is 5.19. The fourth-order valence-electron chi connectivity index (χ4n) is 1.99. The molecule has 0 saturated heterocycles. The van der Waals surface area contributed by atoms with Crippen molar-refractivity contribution >= 4 is 0 Å². The molecule has 0 radical (unpaired) electrons. The molecule has 0 N–H and O–H groups in total. The summed E-state index contributed by atoms with van der Waals surface area (Å²) >= 11 is 0. The highest BCUT2D eigenvalue weighted by atomic mass is 16.5. The number of unbranched alkanes of at least 4 members (excludes halogenated alkanes) is 4. The van der Waals surface area contributed by atoms with E-state index in [0.717, 1.165) is 6.42 Å². The first kappa shape index (κ1) is 17.5. The average Bonchev–Trinajstić information content (AvgIpc) is 2.26. The Labute approximate surface area is 115 Å². The molecule has 18 heavy (non-hydrogen) atoms.